The Balaban J connectivity index is 2.11. The highest BCUT2D eigenvalue weighted by atomic mass is 16.5. The zero-order valence-corrected chi connectivity index (χ0v) is 11.8. The van der Waals surface area contributed by atoms with Crippen molar-refractivity contribution in [2.24, 2.45) is 0 Å². The summed E-state index contributed by atoms with van der Waals surface area (Å²) in [6, 6.07) is 11.3. The lowest BCUT2D eigenvalue weighted by Gasteiger charge is -2.23. The van der Waals surface area contributed by atoms with Gasteiger partial charge < -0.3 is 20.5 Å². The summed E-state index contributed by atoms with van der Waals surface area (Å²) in [5, 5.41) is 39.2. The molecular formula is C16H17NO5. The lowest BCUT2D eigenvalue weighted by atomic mass is 10.1. The molecule has 2 rings (SSSR count). The van der Waals surface area contributed by atoms with E-state index in [0.717, 1.165) is 0 Å². The van der Waals surface area contributed by atoms with Crippen molar-refractivity contribution >= 4 is 5.97 Å². The Kier molecular flexibility index (Phi) is 4.98. The third-order valence-corrected chi connectivity index (χ3v) is 3.32. The lowest BCUT2D eigenvalue weighted by Crippen LogP contribution is -2.33. The Bertz CT molecular complexity index is 644. The van der Waals surface area contributed by atoms with Gasteiger partial charge >= 0.3 is 5.97 Å². The lowest BCUT2D eigenvalue weighted by molar-refractivity contribution is -0.170. The summed E-state index contributed by atoms with van der Waals surface area (Å²) in [6.45, 7) is -0.0110. The zero-order valence-electron chi connectivity index (χ0n) is 11.8. The minimum absolute atomic E-state index is 0.00451. The number of nitrogens with zero attached hydrogens (tertiary/aromatic N) is 1. The first kappa shape index (κ1) is 15.8. The van der Waals surface area contributed by atoms with Crippen LogP contribution in [0.3, 0.4) is 0 Å². The quantitative estimate of drug-likeness (QED) is 0.482. The van der Waals surface area contributed by atoms with Crippen molar-refractivity contribution in [2.75, 3.05) is 6.54 Å². The van der Waals surface area contributed by atoms with Gasteiger partial charge in [0.1, 0.15) is 11.5 Å². The summed E-state index contributed by atoms with van der Waals surface area (Å²) >= 11 is 0. The van der Waals surface area contributed by atoms with Gasteiger partial charge in [0.2, 0.25) is 0 Å². The molecule has 0 fully saturated rings. The Morgan fingerprint density at radius 1 is 1.09 bits per heavy atom. The van der Waals surface area contributed by atoms with Crippen molar-refractivity contribution in [1.82, 2.24) is 5.06 Å². The molecule has 0 aliphatic carbocycles. The van der Waals surface area contributed by atoms with E-state index in [4.69, 9.17) is 0 Å². The van der Waals surface area contributed by atoms with Gasteiger partial charge in [-0.15, -0.1) is 0 Å². The molecule has 0 radical (unpaired) electrons. The van der Waals surface area contributed by atoms with Crippen molar-refractivity contribution in [3.05, 3.63) is 59.7 Å². The van der Waals surface area contributed by atoms with Gasteiger partial charge in [0.15, 0.2) is 6.04 Å². The molecule has 1 unspecified atom stereocenters. The van der Waals surface area contributed by atoms with E-state index in [2.05, 4.69) is 0 Å². The fraction of sp³-hybridized carbons (Fsp3) is 0.188. The SMILES string of the molecule is O=C(O)C(c1ccccc1)N(O)CCc1cc(O)ccc1O. The van der Waals surface area contributed by atoms with Gasteiger partial charge in [-0.2, -0.15) is 5.06 Å². The van der Waals surface area contributed by atoms with E-state index in [1.807, 2.05) is 0 Å². The highest BCUT2D eigenvalue weighted by Gasteiger charge is 2.26. The number of phenolic OH excluding ortho intramolecular Hbond substituents is 2. The number of aromatic hydroxyl groups is 2. The van der Waals surface area contributed by atoms with E-state index in [1.165, 1.54) is 18.2 Å². The molecule has 0 aliphatic heterocycles. The molecule has 22 heavy (non-hydrogen) atoms. The van der Waals surface area contributed by atoms with Crippen molar-refractivity contribution in [1.29, 1.82) is 0 Å². The number of rotatable bonds is 6. The molecule has 0 aromatic heterocycles. The molecule has 6 heteroatoms. The summed E-state index contributed by atoms with van der Waals surface area (Å²) in [5.74, 6) is -1.19. The second kappa shape index (κ2) is 6.93. The van der Waals surface area contributed by atoms with Crippen LogP contribution in [-0.4, -0.2) is 38.1 Å². The van der Waals surface area contributed by atoms with Crippen LogP contribution in [0.5, 0.6) is 11.5 Å². The number of hydrogen-bond acceptors (Lipinski definition) is 5. The minimum atomic E-state index is -1.19. The van der Waals surface area contributed by atoms with Gasteiger partial charge in [-0.3, -0.25) is 4.79 Å². The topological polar surface area (TPSA) is 101 Å². The van der Waals surface area contributed by atoms with Crippen molar-refractivity contribution < 1.29 is 25.3 Å². The molecule has 6 nitrogen and oxygen atoms in total. The van der Waals surface area contributed by atoms with Crippen LogP contribution in [-0.2, 0) is 11.2 Å². The Hall–Kier alpha value is -2.57. The molecule has 0 bridgehead atoms. The average molecular weight is 303 g/mol. The number of carboxylic acids is 1. The van der Waals surface area contributed by atoms with Gasteiger partial charge in [-0.05, 0) is 35.7 Å². The van der Waals surface area contributed by atoms with Crippen LogP contribution >= 0.6 is 0 Å². The van der Waals surface area contributed by atoms with Crippen molar-refractivity contribution in [3.63, 3.8) is 0 Å². The summed E-state index contributed by atoms with van der Waals surface area (Å²) in [7, 11) is 0. The number of hydroxylamine groups is 2. The number of hydrogen-bond donors (Lipinski definition) is 4. The Morgan fingerprint density at radius 3 is 2.41 bits per heavy atom. The van der Waals surface area contributed by atoms with Crippen LogP contribution in [0.15, 0.2) is 48.5 Å². The predicted octanol–water partition coefficient (Wildman–Crippen LogP) is 2.16. The molecule has 4 N–H and O–H groups in total. The smallest absolute Gasteiger partial charge is 0.327 e. The molecule has 0 spiro atoms. The van der Waals surface area contributed by atoms with Crippen LogP contribution in [0.4, 0.5) is 0 Å². The number of carboxylic acid groups (broad SMARTS) is 1. The fourth-order valence-electron chi connectivity index (χ4n) is 2.21. The van der Waals surface area contributed by atoms with Crippen molar-refractivity contribution in [3.8, 4) is 11.5 Å². The molecule has 0 aliphatic rings. The summed E-state index contributed by atoms with van der Waals surface area (Å²) in [4.78, 5) is 11.4. The average Bonchev–Trinajstić information content (AvgIpc) is 2.49. The van der Waals surface area contributed by atoms with E-state index >= 15 is 0 Å². The first-order valence-corrected chi connectivity index (χ1v) is 6.73. The summed E-state index contributed by atoms with van der Waals surface area (Å²) < 4.78 is 0. The van der Waals surface area contributed by atoms with Crippen LogP contribution in [0.1, 0.15) is 17.2 Å². The minimum Gasteiger partial charge on any atom is -0.508 e. The summed E-state index contributed by atoms with van der Waals surface area (Å²) in [6.07, 6.45) is 0.188. The Morgan fingerprint density at radius 2 is 1.77 bits per heavy atom. The van der Waals surface area contributed by atoms with E-state index in [9.17, 15) is 25.3 Å². The number of carbonyl (C=O) groups is 1. The highest BCUT2D eigenvalue weighted by Crippen LogP contribution is 2.24. The second-order valence-corrected chi connectivity index (χ2v) is 4.88. The van der Waals surface area contributed by atoms with Gasteiger partial charge in [0.25, 0.3) is 0 Å². The number of aliphatic carboxylic acids is 1. The molecule has 1 atom stereocenters. The maximum absolute atomic E-state index is 11.4. The molecule has 0 saturated carbocycles. The van der Waals surface area contributed by atoms with Crippen LogP contribution < -0.4 is 0 Å². The van der Waals surface area contributed by atoms with Gasteiger partial charge in [-0.25, -0.2) is 0 Å². The molecule has 0 saturated heterocycles. The van der Waals surface area contributed by atoms with Crippen LogP contribution in [0.25, 0.3) is 0 Å². The molecule has 116 valence electrons. The molecule has 0 heterocycles. The van der Waals surface area contributed by atoms with Crippen molar-refractivity contribution in [2.45, 2.75) is 12.5 Å². The third kappa shape index (κ3) is 3.75. The van der Waals surface area contributed by atoms with Gasteiger partial charge in [0.05, 0.1) is 0 Å². The largest absolute Gasteiger partial charge is 0.508 e. The van der Waals surface area contributed by atoms with Crippen LogP contribution in [0.2, 0.25) is 0 Å². The van der Waals surface area contributed by atoms with Crippen LogP contribution in [0, 0.1) is 0 Å². The maximum Gasteiger partial charge on any atom is 0.327 e. The standard InChI is InChI=1S/C16H17NO5/c18-13-6-7-14(19)12(10-13)8-9-17(22)15(16(20)21)11-4-2-1-3-5-11/h1-7,10,15,18-19,22H,8-9H2,(H,20,21). The van der Waals surface area contributed by atoms with E-state index < -0.39 is 12.0 Å². The predicted molar refractivity (Wildman–Crippen MR) is 78.8 cm³/mol. The monoisotopic (exact) mass is 303 g/mol. The number of benzene rings is 2. The molecule has 2 aromatic carbocycles. The highest BCUT2D eigenvalue weighted by molar-refractivity contribution is 5.75. The first-order chi connectivity index (χ1) is 10.5. The fourth-order valence-corrected chi connectivity index (χ4v) is 2.21. The summed E-state index contributed by atoms with van der Waals surface area (Å²) in [5.41, 5.74) is 0.883. The van der Waals surface area contributed by atoms with E-state index in [-0.39, 0.29) is 24.5 Å². The second-order valence-electron chi connectivity index (χ2n) is 4.88. The zero-order chi connectivity index (χ0) is 16.1. The van der Waals surface area contributed by atoms with E-state index in [0.29, 0.717) is 16.2 Å². The van der Waals surface area contributed by atoms with E-state index in [1.54, 1.807) is 30.3 Å². The molecular weight excluding hydrogens is 286 g/mol. The first-order valence-electron chi connectivity index (χ1n) is 6.73. The van der Waals surface area contributed by atoms with Gasteiger partial charge in [-0.1, -0.05) is 30.3 Å². The molecule has 2 aromatic rings. The maximum atomic E-state index is 11.4. The number of phenols is 2. The normalized spacial score (nSPS) is 12.3. The van der Waals surface area contributed by atoms with Gasteiger partial charge in [0, 0.05) is 6.54 Å². The Labute approximate surface area is 127 Å². The third-order valence-electron chi connectivity index (χ3n) is 3.32. The molecule has 0 amide bonds.